The highest BCUT2D eigenvalue weighted by Crippen LogP contribution is 2.25. The number of nitrogens with zero attached hydrogens (tertiary/aromatic N) is 1. The number of amides is 1. The van der Waals surface area contributed by atoms with E-state index in [1.807, 2.05) is 18.2 Å². The zero-order valence-corrected chi connectivity index (χ0v) is 12.5. The van der Waals surface area contributed by atoms with Crippen molar-refractivity contribution < 1.29 is 13.8 Å². The van der Waals surface area contributed by atoms with Crippen molar-refractivity contribution in [3.05, 3.63) is 23.8 Å². The summed E-state index contributed by atoms with van der Waals surface area (Å²) < 4.78 is 5.28. The first-order valence-electron chi connectivity index (χ1n) is 7.32. The zero-order valence-electron chi connectivity index (χ0n) is 12.5. The summed E-state index contributed by atoms with van der Waals surface area (Å²) in [5.41, 5.74) is 2.53. The molecule has 3 N–H and O–H groups in total. The Kier molecular flexibility index (Phi) is 3.98. The Labute approximate surface area is 129 Å². The van der Waals surface area contributed by atoms with Crippen molar-refractivity contribution in [2.45, 2.75) is 13.0 Å². The molecule has 21 heavy (non-hydrogen) atoms. The Morgan fingerprint density at radius 2 is 2.10 bits per heavy atom. The average molecular weight is 296 g/mol. The topological polar surface area (TPSA) is 65.6 Å². The summed E-state index contributed by atoms with van der Waals surface area (Å²) in [5, 5.41) is 9.45. The summed E-state index contributed by atoms with van der Waals surface area (Å²) in [6.07, 6.45) is 0. The van der Waals surface area contributed by atoms with E-state index in [-0.39, 0.29) is 16.2 Å². The Bertz CT molecular complexity index is 547. The Morgan fingerprint density at radius 1 is 1.33 bits per heavy atom. The van der Waals surface area contributed by atoms with E-state index in [2.05, 4.69) is 34.8 Å². The van der Waals surface area contributed by atoms with E-state index in [0.717, 1.165) is 24.5 Å². The van der Waals surface area contributed by atoms with Crippen molar-refractivity contribution in [1.29, 1.82) is 0 Å². The molecule has 2 heterocycles. The lowest BCUT2D eigenvalue weighted by molar-refractivity contribution is 0.0932. The van der Waals surface area contributed by atoms with Crippen LogP contribution in [0.2, 0.25) is 0 Å². The summed E-state index contributed by atoms with van der Waals surface area (Å²) in [5.74, 6) is 0.463. The molecule has 120 valence electrons. The zero-order chi connectivity index (χ0) is 14.8. The lowest BCUT2D eigenvalue weighted by atomic mass is 10.1. The van der Waals surface area contributed by atoms with Gasteiger partial charge in [-0.2, -0.15) is 0 Å². The second-order valence-corrected chi connectivity index (χ2v) is 5.89. The van der Waals surface area contributed by atoms with Crippen LogP contribution in [0.4, 0.5) is 11.4 Å². The number of hydrogen-bond acceptors (Lipinski definition) is 5. The molecular weight excluding hydrogens is 268 g/mol. The molecule has 6 nitrogen and oxygen atoms in total. The molecule has 0 unspecified atom stereocenters. The van der Waals surface area contributed by atoms with E-state index in [4.69, 9.17) is 4.74 Å². The van der Waals surface area contributed by atoms with Crippen molar-refractivity contribution in [2.75, 3.05) is 44.2 Å². The maximum atomic E-state index is 12.4. The predicted octanol–water partition coefficient (Wildman–Crippen LogP) is 1.87. The number of fused-ring (bicyclic) bond motifs is 1. The standard InChI is InChI=1S/C15H22N4O2.3H2/c1-10-6-19(2)7-14(10)18-15(20)11-3-4-12-13(5-11)17-9-21-8-16-12;;;/h3-5,10,14,16-17H,6-9H2,1-2H3,(H,18,20);3*1H/t10-,14+;;;/m0.../s1. The number of carbonyl (C=O) groups excluding carboxylic acids is 1. The summed E-state index contributed by atoms with van der Waals surface area (Å²) in [4.78, 5) is 14.7. The third kappa shape index (κ3) is 3.11. The van der Waals surface area contributed by atoms with Crippen LogP contribution in [0, 0.1) is 5.92 Å². The first-order valence-corrected chi connectivity index (χ1v) is 7.32. The van der Waals surface area contributed by atoms with Gasteiger partial charge in [0.15, 0.2) is 0 Å². The summed E-state index contributed by atoms with van der Waals surface area (Å²) in [7, 11) is 2.08. The molecule has 1 aromatic carbocycles. The van der Waals surface area contributed by atoms with Crippen molar-refractivity contribution in [2.24, 2.45) is 5.92 Å². The van der Waals surface area contributed by atoms with Crippen LogP contribution in [0.15, 0.2) is 18.2 Å². The molecule has 1 amide bonds. The number of carbonyl (C=O) groups is 1. The maximum Gasteiger partial charge on any atom is 0.251 e. The third-order valence-corrected chi connectivity index (χ3v) is 4.12. The first-order chi connectivity index (χ1) is 10.1. The van der Waals surface area contributed by atoms with Crippen molar-refractivity contribution in [3.63, 3.8) is 0 Å². The Hall–Kier alpha value is -1.79. The minimum Gasteiger partial charge on any atom is -0.361 e. The first kappa shape index (κ1) is 14.2. The van der Waals surface area contributed by atoms with E-state index in [0.29, 0.717) is 24.9 Å². The molecular formula is C15H28N4O2. The number of ether oxygens (including phenoxy) is 1. The number of benzene rings is 1. The highest BCUT2D eigenvalue weighted by molar-refractivity contribution is 5.96. The van der Waals surface area contributed by atoms with Gasteiger partial charge in [-0.05, 0) is 31.2 Å². The molecule has 1 saturated heterocycles. The molecule has 2 aliphatic heterocycles. The monoisotopic (exact) mass is 296 g/mol. The van der Waals surface area contributed by atoms with Gasteiger partial charge in [-0.25, -0.2) is 0 Å². The normalized spacial score (nSPS) is 25.4. The largest absolute Gasteiger partial charge is 0.361 e. The minimum atomic E-state index is -0.0167. The quantitative estimate of drug-likeness (QED) is 0.777. The summed E-state index contributed by atoms with van der Waals surface area (Å²) in [6, 6.07) is 5.85. The molecule has 6 heteroatoms. The molecule has 1 fully saturated rings. The van der Waals surface area contributed by atoms with Gasteiger partial charge in [0.2, 0.25) is 0 Å². The highest BCUT2D eigenvalue weighted by Gasteiger charge is 2.28. The number of nitrogens with one attached hydrogen (secondary N) is 3. The number of anilines is 2. The average Bonchev–Trinajstić information content (AvgIpc) is 2.67. The van der Waals surface area contributed by atoms with Gasteiger partial charge in [0, 0.05) is 29.0 Å². The van der Waals surface area contributed by atoms with Gasteiger partial charge in [-0.15, -0.1) is 0 Å². The van der Waals surface area contributed by atoms with Gasteiger partial charge in [0.25, 0.3) is 5.91 Å². The fraction of sp³-hybridized carbons (Fsp3) is 0.533. The van der Waals surface area contributed by atoms with Crippen LogP contribution >= 0.6 is 0 Å². The molecule has 2 aliphatic rings. The van der Waals surface area contributed by atoms with Crippen LogP contribution in [0.3, 0.4) is 0 Å². The molecule has 0 aromatic heterocycles. The maximum absolute atomic E-state index is 12.4. The molecule has 0 radical (unpaired) electrons. The van der Waals surface area contributed by atoms with E-state index >= 15 is 0 Å². The van der Waals surface area contributed by atoms with Crippen LogP contribution in [0.25, 0.3) is 0 Å². The van der Waals surface area contributed by atoms with E-state index in [1.54, 1.807) is 0 Å². The lowest BCUT2D eigenvalue weighted by Gasteiger charge is -2.17. The lowest BCUT2D eigenvalue weighted by Crippen LogP contribution is -2.39. The molecule has 0 aliphatic carbocycles. The molecule has 0 saturated carbocycles. The van der Waals surface area contributed by atoms with Crippen LogP contribution in [0.5, 0.6) is 0 Å². The fourth-order valence-corrected chi connectivity index (χ4v) is 2.94. The summed E-state index contributed by atoms with van der Waals surface area (Å²) in [6.45, 7) is 5.02. The molecule has 0 spiro atoms. The Morgan fingerprint density at radius 3 is 2.81 bits per heavy atom. The van der Waals surface area contributed by atoms with Crippen molar-refractivity contribution >= 4 is 17.3 Å². The van der Waals surface area contributed by atoms with Crippen LogP contribution in [-0.2, 0) is 4.74 Å². The van der Waals surface area contributed by atoms with Crippen LogP contribution < -0.4 is 16.0 Å². The molecule has 1 aromatic rings. The number of hydrogen-bond donors (Lipinski definition) is 3. The Balaban J connectivity index is 0.00000176. The van der Waals surface area contributed by atoms with Gasteiger partial charge in [0.1, 0.15) is 13.5 Å². The molecule has 2 atom stereocenters. The predicted molar refractivity (Wildman–Crippen MR) is 88.8 cm³/mol. The van der Waals surface area contributed by atoms with Crippen molar-refractivity contribution in [1.82, 2.24) is 10.2 Å². The molecule has 0 bridgehead atoms. The van der Waals surface area contributed by atoms with Gasteiger partial charge >= 0.3 is 0 Å². The van der Waals surface area contributed by atoms with E-state index < -0.39 is 0 Å². The second kappa shape index (κ2) is 5.91. The van der Waals surface area contributed by atoms with Gasteiger partial charge < -0.3 is 25.6 Å². The highest BCUT2D eigenvalue weighted by atomic mass is 16.5. The second-order valence-electron chi connectivity index (χ2n) is 5.89. The van der Waals surface area contributed by atoms with Gasteiger partial charge in [-0.1, -0.05) is 6.92 Å². The smallest absolute Gasteiger partial charge is 0.251 e. The van der Waals surface area contributed by atoms with Gasteiger partial charge in [0.05, 0.1) is 11.4 Å². The number of rotatable bonds is 2. The van der Waals surface area contributed by atoms with E-state index in [1.165, 1.54) is 0 Å². The molecule has 3 rings (SSSR count). The van der Waals surface area contributed by atoms with E-state index in [9.17, 15) is 4.79 Å². The van der Waals surface area contributed by atoms with Crippen LogP contribution in [0.1, 0.15) is 21.6 Å². The third-order valence-electron chi connectivity index (χ3n) is 4.12. The van der Waals surface area contributed by atoms with Crippen LogP contribution in [-0.4, -0.2) is 50.4 Å². The number of likely N-dealkylation sites (N-methyl/N-ethyl adjacent to an activating group) is 1. The van der Waals surface area contributed by atoms with Crippen molar-refractivity contribution in [3.8, 4) is 0 Å². The SMILES string of the molecule is C[C@H]1CN(C)C[C@H]1NC(=O)c1ccc2c(c1)NCOCN2.[HH].[HH].[HH]. The number of likely N-dealkylation sites (tertiary alicyclic amines) is 1. The summed E-state index contributed by atoms with van der Waals surface area (Å²) >= 11 is 0. The fourth-order valence-electron chi connectivity index (χ4n) is 2.94. The van der Waals surface area contributed by atoms with Gasteiger partial charge in [-0.3, -0.25) is 4.79 Å². The minimum absolute atomic E-state index is 0.